The van der Waals surface area contributed by atoms with Gasteiger partial charge in [0.05, 0.1) is 0 Å². The Bertz CT molecular complexity index is 295. The summed E-state index contributed by atoms with van der Waals surface area (Å²) in [7, 11) is 0. The van der Waals surface area contributed by atoms with Crippen LogP contribution in [0.5, 0.6) is 0 Å². The Morgan fingerprint density at radius 2 is 2.06 bits per heavy atom. The van der Waals surface area contributed by atoms with Crippen LogP contribution in [0.2, 0.25) is 0 Å². The van der Waals surface area contributed by atoms with Crippen molar-refractivity contribution in [3.05, 3.63) is 0 Å². The van der Waals surface area contributed by atoms with E-state index in [1.165, 1.54) is 0 Å². The minimum Gasteiger partial charge on any atom is -0.368 e. The van der Waals surface area contributed by atoms with Gasteiger partial charge in [0, 0.05) is 13.0 Å². The van der Waals surface area contributed by atoms with Gasteiger partial charge in [0.15, 0.2) is 0 Å². The molecule has 2 amide bonds. The van der Waals surface area contributed by atoms with Crippen LogP contribution in [0.4, 0.5) is 0 Å². The summed E-state index contributed by atoms with van der Waals surface area (Å²) in [5.41, 5.74) is 15.9. The van der Waals surface area contributed by atoms with Crippen LogP contribution in [0.3, 0.4) is 0 Å². The zero-order valence-corrected chi connectivity index (χ0v) is 10.6. The number of primary amides is 1. The molecule has 1 fully saturated rings. The molecule has 0 aromatic heterocycles. The van der Waals surface area contributed by atoms with Gasteiger partial charge in [-0.1, -0.05) is 0 Å². The van der Waals surface area contributed by atoms with E-state index in [0.717, 1.165) is 19.3 Å². The first-order valence-electron chi connectivity index (χ1n) is 6.35. The second kappa shape index (κ2) is 7.30. The molecule has 0 aliphatic carbocycles. The fourth-order valence-corrected chi connectivity index (χ4v) is 2.17. The molecule has 0 unspecified atom stereocenters. The number of nitrogens with two attached hydrogens (primary N) is 3. The molecular weight excluding hydrogens is 234 g/mol. The molecule has 0 saturated carbocycles. The molecular formula is C11H23N5O2. The van der Waals surface area contributed by atoms with Crippen molar-refractivity contribution in [2.24, 2.45) is 17.2 Å². The van der Waals surface area contributed by atoms with Crippen LogP contribution in [0.25, 0.3) is 0 Å². The normalized spacial score (nSPS) is 19.5. The zero-order valence-electron chi connectivity index (χ0n) is 10.6. The highest BCUT2D eigenvalue weighted by Gasteiger charge is 2.31. The smallest absolute Gasteiger partial charge is 0.240 e. The number of likely N-dealkylation sites (tertiary alicyclic amines) is 1. The van der Waals surface area contributed by atoms with Crippen LogP contribution in [-0.4, -0.2) is 42.1 Å². The summed E-state index contributed by atoms with van der Waals surface area (Å²) in [5.74, 6) is -0.398. The highest BCUT2D eigenvalue weighted by molar-refractivity contribution is 5.87. The first kappa shape index (κ1) is 14.9. The maximum atomic E-state index is 11.9. The number of amides is 2. The average Bonchev–Trinajstić information content (AvgIpc) is 2.76. The monoisotopic (exact) mass is 257 g/mol. The molecule has 0 bridgehead atoms. The van der Waals surface area contributed by atoms with Gasteiger partial charge in [0.1, 0.15) is 12.3 Å². The van der Waals surface area contributed by atoms with Crippen molar-refractivity contribution in [2.45, 2.75) is 44.4 Å². The predicted molar refractivity (Wildman–Crippen MR) is 67.9 cm³/mol. The lowest BCUT2D eigenvalue weighted by Crippen LogP contribution is -2.45. The van der Waals surface area contributed by atoms with E-state index in [2.05, 4.69) is 5.32 Å². The Balaban J connectivity index is 2.22. The summed E-state index contributed by atoms with van der Waals surface area (Å²) in [5, 5.41) is 2.87. The number of unbranched alkanes of at least 4 members (excludes halogenated alkanes) is 1. The number of nitrogens with zero attached hydrogens (tertiary/aromatic N) is 1. The van der Waals surface area contributed by atoms with Gasteiger partial charge in [-0.05, 0) is 32.2 Å². The maximum Gasteiger partial charge on any atom is 0.240 e. The number of carbonyl (C=O) groups is 2. The Labute approximate surface area is 107 Å². The molecule has 0 radical (unpaired) electrons. The van der Waals surface area contributed by atoms with Crippen LogP contribution in [-0.2, 0) is 9.59 Å². The van der Waals surface area contributed by atoms with Crippen molar-refractivity contribution in [3.63, 3.8) is 0 Å². The summed E-state index contributed by atoms with van der Waals surface area (Å²) >= 11 is 0. The Morgan fingerprint density at radius 3 is 2.67 bits per heavy atom. The zero-order chi connectivity index (χ0) is 13.5. The molecule has 104 valence electrons. The minimum absolute atomic E-state index is 0.00773. The molecule has 0 spiro atoms. The molecule has 0 aromatic rings. The van der Waals surface area contributed by atoms with Crippen LogP contribution in [0, 0.1) is 0 Å². The minimum atomic E-state index is -0.515. The van der Waals surface area contributed by atoms with Crippen LogP contribution < -0.4 is 22.5 Å². The summed E-state index contributed by atoms with van der Waals surface area (Å²) in [6.07, 6.45) is 3.03. The van der Waals surface area contributed by atoms with Crippen molar-refractivity contribution in [3.8, 4) is 0 Å². The number of nitrogens with one attached hydrogen (secondary N) is 1. The molecule has 1 aliphatic rings. The van der Waals surface area contributed by atoms with Gasteiger partial charge in [0.2, 0.25) is 11.8 Å². The summed E-state index contributed by atoms with van der Waals surface area (Å²) in [6.45, 7) is 1.32. The summed E-state index contributed by atoms with van der Waals surface area (Å²) in [6, 6.07) is -0.409. The van der Waals surface area contributed by atoms with E-state index in [1.807, 2.05) is 0 Å². The van der Waals surface area contributed by atoms with Crippen molar-refractivity contribution < 1.29 is 9.59 Å². The highest BCUT2D eigenvalue weighted by Crippen LogP contribution is 2.18. The van der Waals surface area contributed by atoms with Crippen LogP contribution in [0.1, 0.15) is 32.1 Å². The van der Waals surface area contributed by atoms with Gasteiger partial charge >= 0.3 is 0 Å². The van der Waals surface area contributed by atoms with E-state index in [4.69, 9.17) is 17.2 Å². The number of carbonyl (C=O) groups excluding carboxylic acids is 2. The molecule has 7 nitrogen and oxygen atoms in total. The fourth-order valence-electron chi connectivity index (χ4n) is 2.17. The second-order valence-electron chi connectivity index (χ2n) is 4.58. The van der Waals surface area contributed by atoms with Crippen molar-refractivity contribution in [2.75, 3.05) is 13.1 Å². The van der Waals surface area contributed by atoms with E-state index < -0.39 is 18.2 Å². The third-order valence-corrected chi connectivity index (χ3v) is 3.10. The lowest BCUT2D eigenvalue weighted by molar-refractivity contribution is -0.137. The first-order valence-corrected chi connectivity index (χ1v) is 6.35. The number of hydrogen-bond donors (Lipinski definition) is 4. The predicted octanol–water partition coefficient (Wildman–Crippen LogP) is -1.58. The topological polar surface area (TPSA) is 127 Å². The molecule has 1 aliphatic heterocycles. The molecule has 7 heteroatoms. The highest BCUT2D eigenvalue weighted by atomic mass is 16.2. The van der Waals surface area contributed by atoms with Gasteiger partial charge in [-0.3, -0.25) is 14.9 Å². The van der Waals surface area contributed by atoms with Crippen LogP contribution in [0.15, 0.2) is 0 Å². The molecule has 18 heavy (non-hydrogen) atoms. The number of hydrogen-bond acceptors (Lipinski definition) is 5. The fraction of sp³-hybridized carbons (Fsp3) is 0.818. The van der Waals surface area contributed by atoms with E-state index in [0.29, 0.717) is 25.9 Å². The van der Waals surface area contributed by atoms with E-state index in [9.17, 15) is 9.59 Å². The van der Waals surface area contributed by atoms with Gasteiger partial charge in [0.25, 0.3) is 0 Å². The van der Waals surface area contributed by atoms with E-state index >= 15 is 0 Å². The lowest BCUT2D eigenvalue weighted by atomic mass is 10.2. The molecule has 0 aromatic carbocycles. The Kier molecular flexibility index (Phi) is 6.03. The standard InChI is InChI=1S/C11H23N5O2/c12-10(18)8-4-3-7-16(8)9(17)5-1-2-6-15-11(13)14/h8,11,15H,1-7,13-14H2,(H2,12,18)/t8-/m0/s1. The van der Waals surface area contributed by atoms with E-state index in [-0.39, 0.29) is 5.91 Å². The summed E-state index contributed by atoms with van der Waals surface area (Å²) < 4.78 is 0. The van der Waals surface area contributed by atoms with Crippen molar-refractivity contribution in [1.29, 1.82) is 0 Å². The molecule has 1 atom stereocenters. The first-order chi connectivity index (χ1) is 8.52. The van der Waals surface area contributed by atoms with Gasteiger partial charge < -0.3 is 22.1 Å². The second-order valence-corrected chi connectivity index (χ2v) is 4.58. The van der Waals surface area contributed by atoms with Crippen LogP contribution >= 0.6 is 0 Å². The van der Waals surface area contributed by atoms with Crippen molar-refractivity contribution >= 4 is 11.8 Å². The lowest BCUT2D eigenvalue weighted by Gasteiger charge is -2.22. The summed E-state index contributed by atoms with van der Waals surface area (Å²) in [4.78, 5) is 24.7. The largest absolute Gasteiger partial charge is 0.368 e. The molecule has 1 heterocycles. The van der Waals surface area contributed by atoms with Gasteiger partial charge in [-0.15, -0.1) is 0 Å². The Hall–Kier alpha value is -1.18. The molecule has 7 N–H and O–H groups in total. The van der Waals surface area contributed by atoms with Gasteiger partial charge in [-0.25, -0.2) is 0 Å². The quantitative estimate of drug-likeness (QED) is 0.323. The SMILES string of the molecule is NC(=O)[C@@H]1CCCN1C(=O)CCCCNC(N)N. The molecule has 1 saturated heterocycles. The Morgan fingerprint density at radius 1 is 1.33 bits per heavy atom. The maximum absolute atomic E-state index is 11.9. The molecule has 1 rings (SSSR count). The van der Waals surface area contributed by atoms with E-state index in [1.54, 1.807) is 4.90 Å². The van der Waals surface area contributed by atoms with Gasteiger partial charge in [-0.2, -0.15) is 0 Å². The third-order valence-electron chi connectivity index (χ3n) is 3.10. The third kappa shape index (κ3) is 4.59. The average molecular weight is 257 g/mol. The number of rotatable bonds is 7. The van der Waals surface area contributed by atoms with Crippen molar-refractivity contribution in [1.82, 2.24) is 10.2 Å².